The van der Waals surface area contributed by atoms with Gasteiger partial charge < -0.3 is 29.5 Å². The number of hydrogen-bond donors (Lipinski definition) is 3. The minimum Gasteiger partial charge on any atom is -0.507 e. The first-order valence-corrected chi connectivity index (χ1v) is 14.2. The van der Waals surface area contributed by atoms with Crippen LogP contribution in [0, 0.1) is 0 Å². The van der Waals surface area contributed by atoms with Crippen molar-refractivity contribution in [2.75, 3.05) is 13.7 Å². The van der Waals surface area contributed by atoms with Gasteiger partial charge in [-0.3, -0.25) is 19.3 Å². The van der Waals surface area contributed by atoms with Crippen LogP contribution in [0.15, 0.2) is 24.3 Å². The lowest BCUT2D eigenvalue weighted by Gasteiger charge is -2.43. The molecule has 2 aliphatic carbocycles. The third-order valence-electron chi connectivity index (χ3n) is 9.18. The van der Waals surface area contributed by atoms with Gasteiger partial charge in [0.15, 0.2) is 23.6 Å². The molecular weight excluding hydrogens is 530 g/mol. The number of aliphatic hydroxyl groups is 1. The van der Waals surface area contributed by atoms with Gasteiger partial charge in [-0.05, 0) is 33.1 Å². The third-order valence-corrected chi connectivity index (χ3v) is 9.18. The molecule has 3 N–H and O–H groups in total. The fourth-order valence-electron chi connectivity index (χ4n) is 7.11. The summed E-state index contributed by atoms with van der Waals surface area (Å²) in [5.74, 6) is -2.79. The van der Waals surface area contributed by atoms with Crippen LogP contribution in [0.4, 0.5) is 0 Å². The summed E-state index contributed by atoms with van der Waals surface area (Å²) < 4.78 is 18.2. The zero-order valence-corrected chi connectivity index (χ0v) is 23.4. The summed E-state index contributed by atoms with van der Waals surface area (Å²) in [6.45, 7) is 4.08. The van der Waals surface area contributed by atoms with Crippen molar-refractivity contribution in [2.45, 2.75) is 88.7 Å². The van der Waals surface area contributed by atoms with Gasteiger partial charge in [-0.15, -0.1) is 0 Å². The lowest BCUT2D eigenvalue weighted by molar-refractivity contribution is -0.237. The second kappa shape index (κ2) is 10.3. The Morgan fingerprint density at radius 1 is 1.07 bits per heavy atom. The Balaban J connectivity index is 1.42. The quantitative estimate of drug-likeness (QED) is 0.395. The maximum Gasteiger partial charge on any atom is 0.198 e. The molecule has 2 aromatic rings. The molecule has 6 atom stereocenters. The second-order valence-corrected chi connectivity index (χ2v) is 11.7. The highest BCUT2D eigenvalue weighted by molar-refractivity contribution is 6.30. The molecule has 10 heteroatoms. The monoisotopic (exact) mass is 565 g/mol. The van der Waals surface area contributed by atoms with Gasteiger partial charge >= 0.3 is 0 Å². The molecule has 218 valence electrons. The van der Waals surface area contributed by atoms with E-state index in [0.29, 0.717) is 6.42 Å². The minimum atomic E-state index is -1.93. The average molecular weight is 566 g/mol. The Hall–Kier alpha value is -3.15. The molecule has 2 heterocycles. The van der Waals surface area contributed by atoms with E-state index in [1.165, 1.54) is 19.1 Å². The van der Waals surface area contributed by atoms with Crippen LogP contribution >= 0.6 is 0 Å². The van der Waals surface area contributed by atoms with E-state index < -0.39 is 46.8 Å². The van der Waals surface area contributed by atoms with E-state index in [9.17, 15) is 29.7 Å². The number of aromatic hydroxyl groups is 2. The van der Waals surface area contributed by atoms with Gasteiger partial charge in [0.1, 0.15) is 23.3 Å². The zero-order valence-electron chi connectivity index (χ0n) is 23.4. The number of rotatable bonds is 5. The van der Waals surface area contributed by atoms with E-state index in [1.54, 1.807) is 19.2 Å². The van der Waals surface area contributed by atoms with Crippen LogP contribution in [0.5, 0.6) is 11.5 Å². The average Bonchev–Trinajstić information content (AvgIpc) is 3.42. The molecule has 2 saturated heterocycles. The standard InChI is InChI=1S/C31H35NO9/c1-15-11-17(32-10-6-9-22(32)39-3)12-23(40-15)41-21-14-31(38,16(2)33)13-20-24(21)30(37)26-25(29(20)36)27(34)18-7-4-5-8-19(18)28(26)35/h4-5,7-8,15,17,21-23,36-38H,6,9-14H2,1-3H3/t15?,17?,21-,22?,23?,31-/m0/s1. The van der Waals surface area contributed by atoms with E-state index in [1.807, 2.05) is 6.92 Å². The van der Waals surface area contributed by atoms with E-state index in [2.05, 4.69) is 4.90 Å². The number of ether oxygens (including phenoxy) is 3. The summed E-state index contributed by atoms with van der Waals surface area (Å²) in [5.41, 5.74) is -2.24. The van der Waals surface area contributed by atoms with Crippen molar-refractivity contribution in [1.82, 2.24) is 4.90 Å². The number of methoxy groups -OCH3 is 1. The SMILES string of the molecule is COC1CCCN1C1CC(C)OC(O[C@H]2C[C@](O)(C(C)=O)Cc3c(O)c4c(c(O)c32)C(=O)c2ccccc2C4=O)C1. The van der Waals surface area contributed by atoms with E-state index in [-0.39, 0.29) is 64.6 Å². The Kier molecular flexibility index (Phi) is 7.02. The molecular formula is C31H35NO9. The number of likely N-dealkylation sites (tertiary alicyclic amines) is 1. The maximum absolute atomic E-state index is 13.5. The molecule has 2 aromatic carbocycles. The summed E-state index contributed by atoms with van der Waals surface area (Å²) in [5, 5.41) is 34.4. The number of phenols is 2. The molecule has 0 bridgehead atoms. The van der Waals surface area contributed by atoms with Gasteiger partial charge in [-0.25, -0.2) is 0 Å². The van der Waals surface area contributed by atoms with E-state index in [4.69, 9.17) is 14.2 Å². The number of phenolic OH excluding ortho intramolecular Hbond substituents is 2. The number of carbonyl (C=O) groups is 3. The summed E-state index contributed by atoms with van der Waals surface area (Å²) in [6, 6.07) is 6.32. The van der Waals surface area contributed by atoms with Gasteiger partial charge in [-0.2, -0.15) is 0 Å². The molecule has 0 aromatic heterocycles. The van der Waals surface area contributed by atoms with Gasteiger partial charge in [0.05, 0.1) is 23.3 Å². The first-order chi connectivity index (χ1) is 19.5. The summed E-state index contributed by atoms with van der Waals surface area (Å²) in [4.78, 5) is 41.9. The van der Waals surface area contributed by atoms with Gasteiger partial charge in [0.2, 0.25) is 0 Å². The van der Waals surface area contributed by atoms with Crippen molar-refractivity contribution < 1.29 is 43.9 Å². The molecule has 0 amide bonds. The van der Waals surface area contributed by atoms with Crippen LogP contribution in [0.25, 0.3) is 0 Å². The highest BCUT2D eigenvalue weighted by Crippen LogP contribution is 2.52. The van der Waals surface area contributed by atoms with Crippen LogP contribution in [0.1, 0.15) is 95.0 Å². The third kappa shape index (κ3) is 4.49. The number of ketones is 3. The molecule has 0 saturated carbocycles. The largest absolute Gasteiger partial charge is 0.507 e. The molecule has 0 spiro atoms. The highest BCUT2D eigenvalue weighted by atomic mass is 16.7. The zero-order chi connectivity index (χ0) is 29.2. The van der Waals surface area contributed by atoms with Crippen LogP contribution in [0.3, 0.4) is 0 Å². The fraction of sp³-hybridized carbons (Fsp3) is 0.516. The van der Waals surface area contributed by atoms with E-state index >= 15 is 0 Å². The van der Waals surface area contributed by atoms with Crippen LogP contribution in [-0.4, -0.2) is 81.5 Å². The number of nitrogens with zero attached hydrogens (tertiary/aromatic N) is 1. The second-order valence-electron chi connectivity index (χ2n) is 11.7. The lowest BCUT2D eigenvalue weighted by atomic mass is 9.72. The predicted octanol–water partition coefficient (Wildman–Crippen LogP) is 3.16. The van der Waals surface area contributed by atoms with Crippen molar-refractivity contribution in [2.24, 2.45) is 0 Å². The van der Waals surface area contributed by atoms with Crippen molar-refractivity contribution in [1.29, 1.82) is 0 Å². The van der Waals surface area contributed by atoms with Gasteiger partial charge in [0.25, 0.3) is 0 Å². The topological polar surface area (TPSA) is 143 Å². The lowest BCUT2D eigenvalue weighted by Crippen LogP contribution is -2.49. The van der Waals surface area contributed by atoms with Gasteiger partial charge in [-0.1, -0.05) is 24.3 Å². The number of benzene rings is 2. The molecule has 10 nitrogen and oxygen atoms in total. The van der Waals surface area contributed by atoms with Crippen LogP contribution in [0.2, 0.25) is 0 Å². The minimum absolute atomic E-state index is 0.00287. The Labute approximate surface area is 237 Å². The van der Waals surface area contributed by atoms with Gasteiger partial charge in [0, 0.05) is 61.2 Å². The first kappa shape index (κ1) is 28.0. The summed E-state index contributed by atoms with van der Waals surface area (Å²) in [7, 11) is 1.70. The normalized spacial score (nSPS) is 31.5. The number of Topliss-reactive ketones (excluding diaryl/α,β-unsaturated/α-hetero) is 1. The molecule has 2 fully saturated rings. The smallest absolute Gasteiger partial charge is 0.198 e. The molecule has 41 heavy (non-hydrogen) atoms. The van der Waals surface area contributed by atoms with Crippen LogP contribution < -0.4 is 0 Å². The number of fused-ring (bicyclic) bond motifs is 3. The Morgan fingerprint density at radius 3 is 2.37 bits per heavy atom. The van der Waals surface area contributed by atoms with Crippen molar-refractivity contribution in [3.8, 4) is 11.5 Å². The molecule has 4 unspecified atom stereocenters. The highest BCUT2D eigenvalue weighted by Gasteiger charge is 2.49. The molecule has 2 aliphatic heterocycles. The Morgan fingerprint density at radius 2 is 1.73 bits per heavy atom. The van der Waals surface area contributed by atoms with Crippen molar-refractivity contribution in [3.63, 3.8) is 0 Å². The summed E-state index contributed by atoms with van der Waals surface area (Å²) in [6.07, 6.45) is 0.627. The number of hydrogen-bond acceptors (Lipinski definition) is 10. The van der Waals surface area contributed by atoms with Crippen molar-refractivity contribution >= 4 is 17.3 Å². The summed E-state index contributed by atoms with van der Waals surface area (Å²) >= 11 is 0. The van der Waals surface area contributed by atoms with E-state index in [0.717, 1.165) is 25.8 Å². The molecule has 6 rings (SSSR count). The predicted molar refractivity (Wildman–Crippen MR) is 145 cm³/mol. The Bertz CT molecular complexity index is 1440. The first-order valence-electron chi connectivity index (χ1n) is 14.2. The van der Waals surface area contributed by atoms with Crippen molar-refractivity contribution in [3.05, 3.63) is 57.6 Å². The number of carbonyl (C=O) groups excluding carboxylic acids is 3. The van der Waals surface area contributed by atoms with Crippen LogP contribution in [-0.2, 0) is 25.4 Å². The molecule has 4 aliphatic rings. The molecule has 0 radical (unpaired) electrons. The maximum atomic E-state index is 13.5. The fourth-order valence-corrected chi connectivity index (χ4v) is 7.11.